The molecule has 0 bridgehead atoms. The van der Waals surface area contributed by atoms with Crippen molar-refractivity contribution in [3.05, 3.63) is 48.2 Å². The molecule has 0 unspecified atom stereocenters. The lowest BCUT2D eigenvalue weighted by Crippen LogP contribution is -1.85. The van der Waals surface area contributed by atoms with Crippen LogP contribution in [0.5, 0.6) is 0 Å². The Kier molecular flexibility index (Phi) is 2.46. The van der Waals surface area contributed by atoms with E-state index < -0.39 is 5.97 Å². The number of aromatic nitrogens is 1. The van der Waals surface area contributed by atoms with Gasteiger partial charge in [-0.15, -0.1) is 0 Å². The Morgan fingerprint density at radius 1 is 1.33 bits per heavy atom. The van der Waals surface area contributed by atoms with E-state index in [0.29, 0.717) is 0 Å². The summed E-state index contributed by atoms with van der Waals surface area (Å²) in [5.41, 5.74) is 1.77. The molecule has 1 aromatic carbocycles. The lowest BCUT2D eigenvalue weighted by Gasteiger charge is -1.97. The Balaban J connectivity index is 2.43. The SMILES string of the molecule is O=C(O)/C=C/c1ccc2ncccc2c1. The molecule has 0 amide bonds. The number of nitrogens with zero attached hydrogens (tertiary/aromatic N) is 1. The van der Waals surface area contributed by atoms with Crippen molar-refractivity contribution in [2.75, 3.05) is 0 Å². The maximum absolute atomic E-state index is 10.3. The number of rotatable bonds is 2. The molecule has 0 radical (unpaired) electrons. The maximum atomic E-state index is 10.3. The van der Waals surface area contributed by atoms with Crippen LogP contribution in [0.3, 0.4) is 0 Å². The first-order chi connectivity index (χ1) is 7.25. The average Bonchev–Trinajstić information content (AvgIpc) is 2.26. The second-order valence-electron chi connectivity index (χ2n) is 3.13. The van der Waals surface area contributed by atoms with Gasteiger partial charge in [0.25, 0.3) is 0 Å². The predicted octanol–water partition coefficient (Wildman–Crippen LogP) is 2.33. The number of pyridine rings is 1. The Bertz CT molecular complexity index is 532. The van der Waals surface area contributed by atoms with Crippen molar-refractivity contribution >= 4 is 22.9 Å². The van der Waals surface area contributed by atoms with Crippen LogP contribution in [0.15, 0.2) is 42.6 Å². The van der Waals surface area contributed by atoms with Crippen molar-refractivity contribution in [1.29, 1.82) is 0 Å². The highest BCUT2D eigenvalue weighted by Gasteiger charge is 1.94. The fraction of sp³-hybridized carbons (Fsp3) is 0. The predicted molar refractivity (Wildman–Crippen MR) is 58.4 cm³/mol. The zero-order valence-corrected chi connectivity index (χ0v) is 7.92. The summed E-state index contributed by atoms with van der Waals surface area (Å²) in [6.45, 7) is 0. The molecular weight excluding hydrogens is 190 g/mol. The van der Waals surface area contributed by atoms with Crippen LogP contribution in [-0.4, -0.2) is 16.1 Å². The molecule has 0 aliphatic heterocycles. The highest BCUT2D eigenvalue weighted by atomic mass is 16.4. The van der Waals surface area contributed by atoms with Crippen molar-refractivity contribution < 1.29 is 9.90 Å². The second-order valence-corrected chi connectivity index (χ2v) is 3.13. The molecule has 15 heavy (non-hydrogen) atoms. The molecule has 0 spiro atoms. The van der Waals surface area contributed by atoms with E-state index in [1.54, 1.807) is 12.3 Å². The number of fused-ring (bicyclic) bond motifs is 1. The molecule has 0 saturated carbocycles. The molecular formula is C12H9NO2. The van der Waals surface area contributed by atoms with Gasteiger partial charge in [0, 0.05) is 17.7 Å². The van der Waals surface area contributed by atoms with Crippen LogP contribution < -0.4 is 0 Å². The first-order valence-corrected chi connectivity index (χ1v) is 4.51. The van der Waals surface area contributed by atoms with Gasteiger partial charge >= 0.3 is 5.97 Å². The van der Waals surface area contributed by atoms with E-state index in [2.05, 4.69) is 4.98 Å². The topological polar surface area (TPSA) is 50.2 Å². The number of benzene rings is 1. The van der Waals surface area contributed by atoms with E-state index in [0.717, 1.165) is 22.5 Å². The summed E-state index contributed by atoms with van der Waals surface area (Å²) < 4.78 is 0. The standard InChI is InChI=1S/C12H9NO2/c14-12(15)6-4-9-3-5-11-10(8-9)2-1-7-13-11/h1-8H,(H,14,15)/b6-4+. The molecule has 0 aliphatic carbocycles. The second kappa shape index (κ2) is 3.92. The summed E-state index contributed by atoms with van der Waals surface area (Å²) in [5, 5.41) is 9.49. The van der Waals surface area contributed by atoms with Gasteiger partial charge in [0.15, 0.2) is 0 Å². The molecule has 2 rings (SSSR count). The zero-order valence-electron chi connectivity index (χ0n) is 7.92. The third kappa shape index (κ3) is 2.20. The lowest BCUT2D eigenvalue weighted by molar-refractivity contribution is -0.131. The first-order valence-electron chi connectivity index (χ1n) is 4.51. The largest absolute Gasteiger partial charge is 0.478 e. The third-order valence-electron chi connectivity index (χ3n) is 2.05. The number of hydrogen-bond acceptors (Lipinski definition) is 2. The average molecular weight is 199 g/mol. The lowest BCUT2D eigenvalue weighted by atomic mass is 10.1. The van der Waals surface area contributed by atoms with Gasteiger partial charge in [0.1, 0.15) is 0 Å². The van der Waals surface area contributed by atoms with Crippen molar-refractivity contribution in [2.24, 2.45) is 0 Å². The van der Waals surface area contributed by atoms with E-state index in [1.807, 2.05) is 30.3 Å². The van der Waals surface area contributed by atoms with Crippen LogP contribution in [0.4, 0.5) is 0 Å². The van der Waals surface area contributed by atoms with Crippen molar-refractivity contribution in [3.8, 4) is 0 Å². The molecule has 0 fully saturated rings. The minimum Gasteiger partial charge on any atom is -0.478 e. The smallest absolute Gasteiger partial charge is 0.328 e. The molecule has 0 aliphatic rings. The van der Waals surface area contributed by atoms with E-state index in [9.17, 15) is 4.79 Å². The van der Waals surface area contributed by atoms with Crippen LogP contribution in [0.2, 0.25) is 0 Å². The van der Waals surface area contributed by atoms with Crippen LogP contribution in [0.25, 0.3) is 17.0 Å². The molecule has 1 N–H and O–H groups in total. The molecule has 3 nitrogen and oxygen atoms in total. The summed E-state index contributed by atoms with van der Waals surface area (Å²) in [6, 6.07) is 9.42. The minimum absolute atomic E-state index is 0.859. The summed E-state index contributed by atoms with van der Waals surface area (Å²) in [5.74, 6) is -0.943. The number of carbonyl (C=O) groups is 1. The maximum Gasteiger partial charge on any atom is 0.328 e. The fourth-order valence-corrected chi connectivity index (χ4v) is 1.37. The Morgan fingerprint density at radius 2 is 2.20 bits per heavy atom. The molecule has 1 aromatic heterocycles. The van der Waals surface area contributed by atoms with E-state index in [1.165, 1.54) is 0 Å². The van der Waals surface area contributed by atoms with Gasteiger partial charge in [0.2, 0.25) is 0 Å². The number of carboxylic acids is 1. The van der Waals surface area contributed by atoms with Crippen LogP contribution in [0, 0.1) is 0 Å². The number of aliphatic carboxylic acids is 1. The zero-order chi connectivity index (χ0) is 10.7. The normalized spacial score (nSPS) is 10.9. The third-order valence-corrected chi connectivity index (χ3v) is 2.05. The van der Waals surface area contributed by atoms with Crippen LogP contribution in [0.1, 0.15) is 5.56 Å². The Morgan fingerprint density at radius 3 is 3.00 bits per heavy atom. The first kappa shape index (κ1) is 9.40. The monoisotopic (exact) mass is 199 g/mol. The Labute approximate surface area is 86.7 Å². The highest BCUT2D eigenvalue weighted by molar-refractivity contribution is 5.87. The van der Waals surface area contributed by atoms with Crippen molar-refractivity contribution in [2.45, 2.75) is 0 Å². The van der Waals surface area contributed by atoms with Gasteiger partial charge in [-0.25, -0.2) is 4.79 Å². The molecule has 3 heteroatoms. The quantitative estimate of drug-likeness (QED) is 0.755. The number of hydrogen-bond donors (Lipinski definition) is 1. The molecule has 2 aromatic rings. The van der Waals surface area contributed by atoms with Gasteiger partial charge in [-0.05, 0) is 29.8 Å². The van der Waals surface area contributed by atoms with E-state index >= 15 is 0 Å². The van der Waals surface area contributed by atoms with Gasteiger partial charge in [-0.1, -0.05) is 12.1 Å². The molecule has 1 heterocycles. The fourth-order valence-electron chi connectivity index (χ4n) is 1.37. The Hall–Kier alpha value is -2.16. The van der Waals surface area contributed by atoms with E-state index in [-0.39, 0.29) is 0 Å². The van der Waals surface area contributed by atoms with Gasteiger partial charge < -0.3 is 5.11 Å². The van der Waals surface area contributed by atoms with Crippen molar-refractivity contribution in [3.63, 3.8) is 0 Å². The minimum atomic E-state index is -0.943. The van der Waals surface area contributed by atoms with Gasteiger partial charge in [0.05, 0.1) is 5.52 Å². The van der Waals surface area contributed by atoms with Gasteiger partial charge in [-0.3, -0.25) is 4.98 Å². The van der Waals surface area contributed by atoms with Crippen LogP contribution >= 0.6 is 0 Å². The van der Waals surface area contributed by atoms with E-state index in [4.69, 9.17) is 5.11 Å². The van der Waals surface area contributed by atoms with Crippen LogP contribution in [-0.2, 0) is 4.79 Å². The highest BCUT2D eigenvalue weighted by Crippen LogP contribution is 2.14. The summed E-state index contributed by atoms with van der Waals surface area (Å²) in [6.07, 6.45) is 4.42. The summed E-state index contributed by atoms with van der Waals surface area (Å²) >= 11 is 0. The van der Waals surface area contributed by atoms with Crippen molar-refractivity contribution in [1.82, 2.24) is 4.98 Å². The van der Waals surface area contributed by atoms with Gasteiger partial charge in [-0.2, -0.15) is 0 Å². The summed E-state index contributed by atoms with van der Waals surface area (Å²) in [4.78, 5) is 14.5. The summed E-state index contributed by atoms with van der Waals surface area (Å²) in [7, 11) is 0. The molecule has 0 saturated heterocycles. The molecule has 74 valence electrons. The molecule has 0 atom stereocenters. The number of carboxylic acid groups (broad SMARTS) is 1.